The zero-order valence-electron chi connectivity index (χ0n) is 21.3. The normalized spacial score (nSPS) is 17.8. The number of halogens is 2. The summed E-state index contributed by atoms with van der Waals surface area (Å²) in [5, 5.41) is 6.24. The van der Waals surface area contributed by atoms with Crippen molar-refractivity contribution < 1.29 is 23.0 Å². The summed E-state index contributed by atoms with van der Waals surface area (Å²) in [6.45, 7) is 6.47. The quantitative estimate of drug-likeness (QED) is 0.508. The van der Waals surface area contributed by atoms with Crippen LogP contribution in [-0.4, -0.2) is 75.0 Å². The molecule has 2 aliphatic heterocycles. The van der Waals surface area contributed by atoms with Gasteiger partial charge in [0.25, 0.3) is 5.91 Å². The number of carbonyl (C=O) groups excluding carboxylic acids is 1. The van der Waals surface area contributed by atoms with Crippen LogP contribution in [0.15, 0.2) is 42.6 Å². The van der Waals surface area contributed by atoms with Crippen LogP contribution in [0, 0.1) is 11.6 Å². The number of ether oxygens (including phenoxy) is 2. The van der Waals surface area contributed by atoms with E-state index in [-0.39, 0.29) is 28.9 Å². The average Bonchev–Trinajstić information content (AvgIpc) is 2.93. The lowest BCUT2D eigenvalue weighted by Crippen LogP contribution is -2.49. The van der Waals surface area contributed by atoms with Crippen LogP contribution >= 0.6 is 0 Å². The van der Waals surface area contributed by atoms with E-state index in [0.717, 1.165) is 12.2 Å². The van der Waals surface area contributed by atoms with Gasteiger partial charge in [-0.3, -0.25) is 4.79 Å². The van der Waals surface area contributed by atoms with Gasteiger partial charge in [-0.1, -0.05) is 6.07 Å². The molecule has 2 aromatic carbocycles. The van der Waals surface area contributed by atoms with Crippen LogP contribution in [-0.2, 0) is 4.74 Å². The molecule has 0 unspecified atom stereocenters. The van der Waals surface area contributed by atoms with Gasteiger partial charge in [0.1, 0.15) is 23.1 Å². The Labute approximate surface area is 219 Å². The smallest absolute Gasteiger partial charge is 0.274 e. The number of nitrogens with one attached hydrogen (secondary N) is 2. The predicted octanol–water partition coefficient (Wildman–Crippen LogP) is 3.32. The number of nitrogens with zero attached hydrogens (tertiary/aromatic N) is 4. The molecule has 2 aliphatic rings. The molecule has 0 aliphatic carbocycles. The molecule has 5 rings (SSSR count). The van der Waals surface area contributed by atoms with Crippen LogP contribution in [0.5, 0.6) is 5.75 Å². The Morgan fingerprint density at radius 1 is 1.11 bits per heavy atom. The maximum atomic E-state index is 15.4. The Morgan fingerprint density at radius 3 is 2.68 bits per heavy atom. The van der Waals surface area contributed by atoms with Crippen LogP contribution < -0.4 is 25.2 Å². The number of rotatable bonds is 6. The minimum Gasteiger partial charge on any atom is -0.496 e. The fourth-order valence-corrected chi connectivity index (χ4v) is 4.79. The molecule has 2 saturated heterocycles. The highest BCUT2D eigenvalue weighted by molar-refractivity contribution is 6.05. The van der Waals surface area contributed by atoms with Crippen molar-refractivity contribution in [2.75, 3.05) is 68.2 Å². The number of amides is 1. The fourth-order valence-electron chi connectivity index (χ4n) is 4.79. The minimum atomic E-state index is -0.571. The lowest BCUT2D eigenvalue weighted by molar-refractivity contribution is 0.102. The van der Waals surface area contributed by atoms with Crippen molar-refractivity contribution in [1.82, 2.24) is 15.3 Å². The summed E-state index contributed by atoms with van der Waals surface area (Å²) >= 11 is 0. The van der Waals surface area contributed by atoms with Gasteiger partial charge in [0.05, 0.1) is 42.9 Å². The second kappa shape index (κ2) is 11.3. The predicted molar refractivity (Wildman–Crippen MR) is 141 cm³/mol. The van der Waals surface area contributed by atoms with Crippen LogP contribution in [0.3, 0.4) is 0 Å². The number of morpholine rings is 1. The first-order valence-corrected chi connectivity index (χ1v) is 12.6. The van der Waals surface area contributed by atoms with Crippen molar-refractivity contribution in [2.24, 2.45) is 0 Å². The average molecular weight is 525 g/mol. The molecule has 200 valence electrons. The third kappa shape index (κ3) is 5.39. The van der Waals surface area contributed by atoms with Gasteiger partial charge in [-0.05, 0) is 31.2 Å². The molecule has 1 amide bonds. The van der Waals surface area contributed by atoms with Crippen LogP contribution in [0.2, 0.25) is 0 Å². The Kier molecular flexibility index (Phi) is 7.66. The number of benzene rings is 2. The molecule has 11 heteroatoms. The molecule has 1 aromatic heterocycles. The summed E-state index contributed by atoms with van der Waals surface area (Å²) < 4.78 is 40.7. The number of piperazine rings is 1. The summed E-state index contributed by atoms with van der Waals surface area (Å²) in [4.78, 5) is 25.9. The number of aromatic nitrogens is 2. The van der Waals surface area contributed by atoms with E-state index in [9.17, 15) is 9.18 Å². The zero-order valence-corrected chi connectivity index (χ0v) is 21.3. The summed E-state index contributed by atoms with van der Waals surface area (Å²) in [5.74, 6) is -1.31. The first-order chi connectivity index (χ1) is 18.4. The molecule has 2 N–H and O–H groups in total. The van der Waals surface area contributed by atoms with Gasteiger partial charge >= 0.3 is 0 Å². The van der Waals surface area contributed by atoms with Gasteiger partial charge in [0, 0.05) is 51.0 Å². The lowest BCUT2D eigenvalue weighted by atomic mass is 10.1. The highest BCUT2D eigenvalue weighted by Crippen LogP contribution is 2.35. The lowest BCUT2D eigenvalue weighted by Gasteiger charge is -2.36. The number of hydrogen-bond donors (Lipinski definition) is 2. The van der Waals surface area contributed by atoms with Crippen molar-refractivity contribution in [3.05, 3.63) is 59.9 Å². The Balaban J connectivity index is 1.48. The maximum absolute atomic E-state index is 15.4. The Bertz CT molecular complexity index is 1320. The second-order valence-corrected chi connectivity index (χ2v) is 9.26. The van der Waals surface area contributed by atoms with Gasteiger partial charge in [-0.2, -0.15) is 0 Å². The van der Waals surface area contributed by atoms with Gasteiger partial charge in [-0.25, -0.2) is 18.7 Å². The van der Waals surface area contributed by atoms with Crippen LogP contribution in [0.25, 0.3) is 11.4 Å². The zero-order chi connectivity index (χ0) is 26.6. The van der Waals surface area contributed by atoms with Gasteiger partial charge in [0.2, 0.25) is 0 Å². The minimum absolute atomic E-state index is 0.0117. The third-order valence-electron chi connectivity index (χ3n) is 6.68. The summed E-state index contributed by atoms with van der Waals surface area (Å²) in [6, 6.07) is 9.18. The number of hydrogen-bond acceptors (Lipinski definition) is 8. The van der Waals surface area contributed by atoms with E-state index in [1.807, 2.05) is 4.90 Å². The molecule has 0 saturated carbocycles. The number of carbonyl (C=O) groups is 1. The van der Waals surface area contributed by atoms with E-state index in [1.165, 1.54) is 37.6 Å². The molecule has 38 heavy (non-hydrogen) atoms. The third-order valence-corrected chi connectivity index (χ3v) is 6.68. The van der Waals surface area contributed by atoms with Crippen molar-refractivity contribution in [1.29, 1.82) is 0 Å². The van der Waals surface area contributed by atoms with E-state index in [4.69, 9.17) is 9.47 Å². The van der Waals surface area contributed by atoms with Crippen molar-refractivity contribution in [3.63, 3.8) is 0 Å². The van der Waals surface area contributed by atoms with E-state index in [1.54, 1.807) is 12.1 Å². The molecular weight excluding hydrogens is 494 g/mol. The maximum Gasteiger partial charge on any atom is 0.274 e. The van der Waals surface area contributed by atoms with E-state index >= 15 is 4.39 Å². The highest BCUT2D eigenvalue weighted by Gasteiger charge is 2.25. The van der Waals surface area contributed by atoms with E-state index in [0.29, 0.717) is 50.8 Å². The molecule has 9 nitrogen and oxygen atoms in total. The van der Waals surface area contributed by atoms with Crippen LogP contribution in [0.4, 0.5) is 25.8 Å². The SMILES string of the molecule is COc1cccc(F)c1-c1nccc(C(=O)Nc2cc(F)c(N3CCOCC3)cc2N2CCN[C@@H](C)C2)n1. The van der Waals surface area contributed by atoms with Crippen molar-refractivity contribution >= 4 is 23.0 Å². The van der Waals surface area contributed by atoms with Crippen molar-refractivity contribution in [3.8, 4) is 17.1 Å². The van der Waals surface area contributed by atoms with Gasteiger partial charge < -0.3 is 29.9 Å². The van der Waals surface area contributed by atoms with E-state index < -0.39 is 17.5 Å². The number of methoxy groups -OCH3 is 1. The number of anilines is 3. The monoisotopic (exact) mass is 524 g/mol. The van der Waals surface area contributed by atoms with Gasteiger partial charge in [-0.15, -0.1) is 0 Å². The largest absolute Gasteiger partial charge is 0.496 e. The summed E-state index contributed by atoms with van der Waals surface area (Å²) in [6.07, 6.45) is 1.38. The standard InChI is InChI=1S/C27H30F2N6O3/c1-17-16-35(9-8-30-17)23-15-22(34-10-12-38-13-11-34)19(29)14-21(23)33-27(36)20-6-7-31-26(32-20)25-18(28)4-3-5-24(25)37-2/h3-7,14-15,17,30H,8-13,16H2,1-2H3,(H,33,36)/t17-/m0/s1. The molecule has 0 radical (unpaired) electrons. The van der Waals surface area contributed by atoms with Crippen molar-refractivity contribution in [2.45, 2.75) is 13.0 Å². The van der Waals surface area contributed by atoms with E-state index in [2.05, 4.69) is 32.4 Å². The molecule has 0 spiro atoms. The van der Waals surface area contributed by atoms with Crippen LogP contribution in [0.1, 0.15) is 17.4 Å². The summed E-state index contributed by atoms with van der Waals surface area (Å²) in [5.41, 5.74) is 1.60. The first kappa shape index (κ1) is 25.8. The molecular formula is C27H30F2N6O3. The molecule has 3 aromatic rings. The Morgan fingerprint density at radius 2 is 1.92 bits per heavy atom. The highest BCUT2D eigenvalue weighted by atomic mass is 19.1. The first-order valence-electron chi connectivity index (χ1n) is 12.6. The van der Waals surface area contributed by atoms with Gasteiger partial charge in [0.15, 0.2) is 5.82 Å². The summed E-state index contributed by atoms with van der Waals surface area (Å²) in [7, 11) is 1.42. The Hall–Kier alpha value is -3.83. The second-order valence-electron chi connectivity index (χ2n) is 9.26. The topological polar surface area (TPSA) is 91.8 Å². The molecule has 2 fully saturated rings. The molecule has 3 heterocycles. The molecule has 0 bridgehead atoms. The fraction of sp³-hybridized carbons (Fsp3) is 0.370. The molecule has 1 atom stereocenters.